The fourth-order valence-corrected chi connectivity index (χ4v) is 3.55. The SMILES string of the molecule is Cc1ccc(N2CC(C(=O)N(Cc3ccccc3)C(C)C)CC2=O)cc1C. The maximum Gasteiger partial charge on any atom is 0.228 e. The lowest BCUT2D eigenvalue weighted by molar-refractivity contribution is -0.138. The van der Waals surface area contributed by atoms with Crippen molar-refractivity contribution in [2.24, 2.45) is 5.92 Å². The molecule has 1 saturated heterocycles. The summed E-state index contributed by atoms with van der Waals surface area (Å²) in [6.45, 7) is 9.19. The summed E-state index contributed by atoms with van der Waals surface area (Å²) in [6.07, 6.45) is 0.282. The van der Waals surface area contributed by atoms with E-state index in [4.69, 9.17) is 0 Å². The molecule has 4 nitrogen and oxygen atoms in total. The van der Waals surface area contributed by atoms with Crippen molar-refractivity contribution in [1.29, 1.82) is 0 Å². The van der Waals surface area contributed by atoms with E-state index < -0.39 is 0 Å². The van der Waals surface area contributed by atoms with E-state index in [-0.39, 0.29) is 30.2 Å². The maximum absolute atomic E-state index is 13.2. The number of anilines is 1. The normalized spacial score (nSPS) is 16.9. The van der Waals surface area contributed by atoms with E-state index >= 15 is 0 Å². The molecule has 0 N–H and O–H groups in total. The molecule has 27 heavy (non-hydrogen) atoms. The summed E-state index contributed by atoms with van der Waals surface area (Å²) >= 11 is 0. The average molecular weight is 364 g/mol. The Morgan fingerprint density at radius 3 is 2.44 bits per heavy atom. The lowest BCUT2D eigenvalue weighted by Crippen LogP contribution is -2.41. The van der Waals surface area contributed by atoms with Crippen molar-refractivity contribution in [3.8, 4) is 0 Å². The summed E-state index contributed by atoms with van der Waals surface area (Å²) in [6, 6.07) is 16.1. The molecule has 0 aromatic heterocycles. The zero-order valence-electron chi connectivity index (χ0n) is 16.6. The molecule has 3 rings (SSSR count). The van der Waals surface area contributed by atoms with Gasteiger partial charge in [-0.3, -0.25) is 9.59 Å². The molecule has 1 aliphatic heterocycles. The van der Waals surface area contributed by atoms with Gasteiger partial charge in [0.25, 0.3) is 0 Å². The van der Waals surface area contributed by atoms with Crippen LogP contribution in [0.15, 0.2) is 48.5 Å². The largest absolute Gasteiger partial charge is 0.336 e. The van der Waals surface area contributed by atoms with E-state index in [0.717, 1.165) is 16.8 Å². The van der Waals surface area contributed by atoms with Gasteiger partial charge in [0.1, 0.15) is 0 Å². The minimum atomic E-state index is -0.287. The number of carbonyl (C=O) groups is 2. The molecule has 1 unspecified atom stereocenters. The van der Waals surface area contributed by atoms with Crippen LogP contribution in [0, 0.1) is 19.8 Å². The molecule has 1 atom stereocenters. The van der Waals surface area contributed by atoms with Crippen molar-refractivity contribution in [3.63, 3.8) is 0 Å². The fraction of sp³-hybridized carbons (Fsp3) is 0.391. The zero-order chi connectivity index (χ0) is 19.6. The second-order valence-electron chi connectivity index (χ2n) is 7.72. The summed E-state index contributed by atoms with van der Waals surface area (Å²) in [4.78, 5) is 29.4. The average Bonchev–Trinajstić information content (AvgIpc) is 3.04. The van der Waals surface area contributed by atoms with Gasteiger partial charge in [-0.15, -0.1) is 0 Å². The highest BCUT2D eigenvalue weighted by Crippen LogP contribution is 2.28. The molecule has 1 aliphatic rings. The molecule has 0 aliphatic carbocycles. The summed E-state index contributed by atoms with van der Waals surface area (Å²) < 4.78 is 0. The topological polar surface area (TPSA) is 40.6 Å². The Morgan fingerprint density at radius 1 is 1.11 bits per heavy atom. The highest BCUT2D eigenvalue weighted by atomic mass is 16.2. The van der Waals surface area contributed by atoms with Crippen LogP contribution in [-0.2, 0) is 16.1 Å². The Hall–Kier alpha value is -2.62. The van der Waals surface area contributed by atoms with E-state index in [1.807, 2.05) is 74.2 Å². The van der Waals surface area contributed by atoms with E-state index in [2.05, 4.69) is 6.92 Å². The molecule has 1 fully saturated rings. The van der Waals surface area contributed by atoms with Gasteiger partial charge in [0.2, 0.25) is 11.8 Å². The maximum atomic E-state index is 13.2. The molecule has 4 heteroatoms. The van der Waals surface area contributed by atoms with Gasteiger partial charge in [-0.05, 0) is 56.5 Å². The molecule has 2 aromatic rings. The standard InChI is InChI=1S/C23H28N2O2/c1-16(2)24(14-19-8-6-5-7-9-19)23(27)20-13-22(26)25(15-20)21-11-10-17(3)18(4)12-21/h5-12,16,20H,13-15H2,1-4H3. The number of rotatable bonds is 5. The van der Waals surface area contributed by atoms with Crippen LogP contribution in [0.25, 0.3) is 0 Å². The van der Waals surface area contributed by atoms with Crippen LogP contribution >= 0.6 is 0 Å². The summed E-state index contributed by atoms with van der Waals surface area (Å²) in [7, 11) is 0. The quantitative estimate of drug-likeness (QED) is 0.802. The molecule has 1 heterocycles. The van der Waals surface area contributed by atoms with Crippen LogP contribution in [-0.4, -0.2) is 29.3 Å². The first kappa shape index (κ1) is 19.2. The highest BCUT2D eigenvalue weighted by molar-refractivity contribution is 6.00. The number of nitrogens with zero attached hydrogens (tertiary/aromatic N) is 2. The molecule has 142 valence electrons. The fourth-order valence-electron chi connectivity index (χ4n) is 3.55. The third kappa shape index (κ3) is 4.21. The van der Waals surface area contributed by atoms with Crippen molar-refractivity contribution >= 4 is 17.5 Å². The highest BCUT2D eigenvalue weighted by Gasteiger charge is 2.37. The number of carbonyl (C=O) groups excluding carboxylic acids is 2. The molecule has 0 spiro atoms. The van der Waals surface area contributed by atoms with Crippen LogP contribution in [0.2, 0.25) is 0 Å². The Kier molecular flexibility index (Phi) is 5.64. The zero-order valence-corrected chi connectivity index (χ0v) is 16.6. The third-order valence-corrected chi connectivity index (χ3v) is 5.38. The monoisotopic (exact) mass is 364 g/mol. The Morgan fingerprint density at radius 2 is 1.81 bits per heavy atom. The Balaban J connectivity index is 1.76. The van der Waals surface area contributed by atoms with Gasteiger partial charge in [0, 0.05) is 31.2 Å². The van der Waals surface area contributed by atoms with Gasteiger partial charge in [0.05, 0.1) is 5.92 Å². The summed E-state index contributed by atoms with van der Waals surface area (Å²) in [5.74, 6) is -0.196. The molecule has 0 bridgehead atoms. The lowest BCUT2D eigenvalue weighted by atomic mass is 10.0. The summed E-state index contributed by atoms with van der Waals surface area (Å²) in [5, 5.41) is 0. The molecule has 2 amide bonds. The smallest absolute Gasteiger partial charge is 0.228 e. The van der Waals surface area contributed by atoms with Crippen LogP contribution in [0.5, 0.6) is 0 Å². The lowest BCUT2D eigenvalue weighted by Gasteiger charge is -2.29. The third-order valence-electron chi connectivity index (χ3n) is 5.38. The van der Waals surface area contributed by atoms with Gasteiger partial charge >= 0.3 is 0 Å². The minimum Gasteiger partial charge on any atom is -0.336 e. The van der Waals surface area contributed by atoms with Crippen molar-refractivity contribution < 1.29 is 9.59 Å². The Labute approximate surface area is 161 Å². The van der Waals surface area contributed by atoms with Crippen molar-refractivity contribution in [3.05, 3.63) is 65.2 Å². The van der Waals surface area contributed by atoms with Gasteiger partial charge in [-0.25, -0.2) is 0 Å². The van der Waals surface area contributed by atoms with Gasteiger partial charge < -0.3 is 9.80 Å². The molecular formula is C23H28N2O2. The number of hydrogen-bond acceptors (Lipinski definition) is 2. The van der Waals surface area contributed by atoms with E-state index in [9.17, 15) is 9.59 Å². The number of amides is 2. The van der Waals surface area contributed by atoms with Crippen LogP contribution in [0.4, 0.5) is 5.69 Å². The van der Waals surface area contributed by atoms with Gasteiger partial charge in [0.15, 0.2) is 0 Å². The first-order valence-electron chi connectivity index (χ1n) is 9.59. The first-order chi connectivity index (χ1) is 12.9. The Bertz CT molecular complexity index is 830. The predicted octanol–water partition coefficient (Wildman–Crippen LogP) is 4.09. The van der Waals surface area contributed by atoms with Crippen LogP contribution in [0.3, 0.4) is 0 Å². The minimum absolute atomic E-state index is 0.0278. The summed E-state index contributed by atoms with van der Waals surface area (Å²) in [5.41, 5.74) is 4.35. The van der Waals surface area contributed by atoms with E-state index in [1.54, 1.807) is 4.90 Å². The van der Waals surface area contributed by atoms with Crippen LogP contribution in [0.1, 0.15) is 37.0 Å². The number of aryl methyl sites for hydroxylation is 2. The predicted molar refractivity (Wildman–Crippen MR) is 109 cm³/mol. The van der Waals surface area contributed by atoms with Crippen molar-refractivity contribution in [2.45, 2.75) is 46.7 Å². The number of benzene rings is 2. The van der Waals surface area contributed by atoms with Gasteiger partial charge in [-0.1, -0.05) is 36.4 Å². The van der Waals surface area contributed by atoms with Crippen LogP contribution < -0.4 is 4.90 Å². The van der Waals surface area contributed by atoms with Crippen molar-refractivity contribution in [2.75, 3.05) is 11.4 Å². The van der Waals surface area contributed by atoms with E-state index in [1.165, 1.54) is 5.56 Å². The van der Waals surface area contributed by atoms with Gasteiger partial charge in [-0.2, -0.15) is 0 Å². The first-order valence-corrected chi connectivity index (χ1v) is 9.59. The van der Waals surface area contributed by atoms with Crippen molar-refractivity contribution in [1.82, 2.24) is 4.90 Å². The molecular weight excluding hydrogens is 336 g/mol. The molecule has 0 saturated carbocycles. The number of hydrogen-bond donors (Lipinski definition) is 0. The second kappa shape index (κ2) is 7.95. The molecule has 2 aromatic carbocycles. The molecule has 0 radical (unpaired) electrons. The van der Waals surface area contributed by atoms with E-state index in [0.29, 0.717) is 13.1 Å². The second-order valence-corrected chi connectivity index (χ2v) is 7.72.